The zero-order valence-corrected chi connectivity index (χ0v) is 16.3. The van der Waals surface area contributed by atoms with E-state index in [9.17, 15) is 14.4 Å². The maximum atomic E-state index is 12.4. The average molecular weight is 396 g/mol. The Labute approximate surface area is 169 Å². The van der Waals surface area contributed by atoms with Gasteiger partial charge in [-0.15, -0.1) is 0 Å². The quantitative estimate of drug-likeness (QED) is 0.776. The van der Waals surface area contributed by atoms with Crippen molar-refractivity contribution in [1.82, 2.24) is 9.80 Å². The molecule has 152 valence electrons. The molecule has 3 rings (SSSR count). The summed E-state index contributed by atoms with van der Waals surface area (Å²) in [5.74, 6) is -1.31. The summed E-state index contributed by atoms with van der Waals surface area (Å²) >= 11 is 0. The molecule has 0 unspecified atom stereocenters. The molecule has 29 heavy (non-hydrogen) atoms. The van der Waals surface area contributed by atoms with Crippen LogP contribution in [0.4, 0.5) is 21.9 Å². The van der Waals surface area contributed by atoms with E-state index >= 15 is 0 Å². The van der Waals surface area contributed by atoms with E-state index in [2.05, 4.69) is 10.6 Å². The highest BCUT2D eigenvalue weighted by atomic mass is 16.6. The Bertz CT molecular complexity index is 847. The first-order valence-electron chi connectivity index (χ1n) is 9.51. The highest BCUT2D eigenvalue weighted by Crippen LogP contribution is 2.18. The third-order valence-electron chi connectivity index (χ3n) is 4.49. The van der Waals surface area contributed by atoms with E-state index in [0.29, 0.717) is 38.5 Å². The third kappa shape index (κ3) is 5.47. The number of carbonyl (C=O) groups excluding carboxylic acids is 3. The first kappa shape index (κ1) is 20.2. The Hall–Kier alpha value is -3.55. The number of carbonyl (C=O) groups is 3. The average Bonchev–Trinajstić information content (AvgIpc) is 2.75. The molecule has 0 aromatic heterocycles. The van der Waals surface area contributed by atoms with E-state index in [-0.39, 0.29) is 0 Å². The predicted octanol–water partition coefficient (Wildman–Crippen LogP) is 2.67. The molecule has 0 aliphatic carbocycles. The van der Waals surface area contributed by atoms with Crippen LogP contribution in [0.1, 0.15) is 6.92 Å². The number of amides is 3. The number of nitrogens with zero attached hydrogens (tertiary/aromatic N) is 2. The van der Waals surface area contributed by atoms with Crippen LogP contribution in [0.25, 0.3) is 0 Å². The fourth-order valence-electron chi connectivity index (χ4n) is 2.96. The standard InChI is InChI=1S/C21H24N4O4/c1-2-29-21(28)25-14-12-24(13-15-25)20(27)19(26)23-18-10-8-17(9-11-18)22-16-6-4-3-5-7-16/h3-11,22H,2,12-15H2,1H3,(H,23,26). The van der Waals surface area contributed by atoms with Crippen LogP contribution in [-0.4, -0.2) is 60.5 Å². The lowest BCUT2D eigenvalue weighted by Gasteiger charge is -2.33. The molecule has 3 amide bonds. The van der Waals surface area contributed by atoms with Crippen LogP contribution in [-0.2, 0) is 14.3 Å². The lowest BCUT2D eigenvalue weighted by atomic mass is 10.2. The minimum absolute atomic E-state index is 0.297. The van der Waals surface area contributed by atoms with E-state index < -0.39 is 17.9 Å². The minimum atomic E-state index is -0.696. The maximum Gasteiger partial charge on any atom is 0.409 e. The molecule has 8 heteroatoms. The van der Waals surface area contributed by atoms with Crippen LogP contribution in [0.3, 0.4) is 0 Å². The van der Waals surface area contributed by atoms with Gasteiger partial charge in [0.05, 0.1) is 6.61 Å². The number of benzene rings is 2. The zero-order valence-electron chi connectivity index (χ0n) is 16.3. The van der Waals surface area contributed by atoms with Gasteiger partial charge in [-0.25, -0.2) is 4.79 Å². The summed E-state index contributed by atoms with van der Waals surface area (Å²) in [6.07, 6.45) is -0.395. The summed E-state index contributed by atoms with van der Waals surface area (Å²) in [7, 11) is 0. The van der Waals surface area contributed by atoms with Crippen molar-refractivity contribution in [2.24, 2.45) is 0 Å². The molecule has 0 radical (unpaired) electrons. The number of para-hydroxylation sites is 1. The van der Waals surface area contributed by atoms with Gasteiger partial charge in [0, 0.05) is 43.2 Å². The number of hydrogen-bond acceptors (Lipinski definition) is 5. The van der Waals surface area contributed by atoms with Crippen LogP contribution < -0.4 is 10.6 Å². The highest BCUT2D eigenvalue weighted by Gasteiger charge is 2.28. The Kier molecular flexibility index (Phi) is 6.67. The molecule has 0 saturated carbocycles. The van der Waals surface area contributed by atoms with Gasteiger partial charge in [0.15, 0.2) is 0 Å². The summed E-state index contributed by atoms with van der Waals surface area (Å²) in [4.78, 5) is 39.3. The van der Waals surface area contributed by atoms with Gasteiger partial charge in [-0.1, -0.05) is 18.2 Å². The van der Waals surface area contributed by atoms with Crippen molar-refractivity contribution in [2.75, 3.05) is 43.4 Å². The van der Waals surface area contributed by atoms with Crippen LogP contribution in [0.5, 0.6) is 0 Å². The second-order valence-corrected chi connectivity index (χ2v) is 6.50. The first-order valence-corrected chi connectivity index (χ1v) is 9.51. The summed E-state index contributed by atoms with van der Waals surface area (Å²) in [5, 5.41) is 5.87. The topological polar surface area (TPSA) is 91.0 Å². The lowest BCUT2D eigenvalue weighted by Crippen LogP contribution is -2.53. The van der Waals surface area contributed by atoms with Crippen molar-refractivity contribution in [2.45, 2.75) is 6.92 Å². The largest absolute Gasteiger partial charge is 0.450 e. The van der Waals surface area contributed by atoms with Gasteiger partial charge in [-0.05, 0) is 43.3 Å². The second-order valence-electron chi connectivity index (χ2n) is 6.50. The summed E-state index contributed by atoms with van der Waals surface area (Å²) < 4.78 is 4.95. The van der Waals surface area contributed by atoms with Crippen LogP contribution in [0.2, 0.25) is 0 Å². The molecular formula is C21H24N4O4. The molecule has 2 aromatic carbocycles. The molecule has 2 aromatic rings. The lowest BCUT2D eigenvalue weighted by molar-refractivity contribution is -0.144. The first-order chi connectivity index (χ1) is 14.1. The van der Waals surface area contributed by atoms with Crippen molar-refractivity contribution in [1.29, 1.82) is 0 Å². The molecule has 8 nitrogen and oxygen atoms in total. The Morgan fingerprint density at radius 2 is 1.38 bits per heavy atom. The van der Waals surface area contributed by atoms with Gasteiger partial charge in [0.25, 0.3) is 0 Å². The van der Waals surface area contributed by atoms with Crippen LogP contribution in [0.15, 0.2) is 54.6 Å². The van der Waals surface area contributed by atoms with E-state index in [0.717, 1.165) is 11.4 Å². The van der Waals surface area contributed by atoms with E-state index in [1.807, 2.05) is 42.5 Å². The SMILES string of the molecule is CCOC(=O)N1CCN(C(=O)C(=O)Nc2ccc(Nc3ccccc3)cc2)CC1. The van der Waals surface area contributed by atoms with Crippen molar-refractivity contribution in [3.63, 3.8) is 0 Å². The van der Waals surface area contributed by atoms with Crippen LogP contribution >= 0.6 is 0 Å². The minimum Gasteiger partial charge on any atom is -0.450 e. The van der Waals surface area contributed by atoms with Gasteiger partial charge in [0.2, 0.25) is 0 Å². The van der Waals surface area contributed by atoms with Gasteiger partial charge in [-0.3, -0.25) is 9.59 Å². The van der Waals surface area contributed by atoms with Gasteiger partial charge in [-0.2, -0.15) is 0 Å². The summed E-state index contributed by atoms with van der Waals surface area (Å²) in [6.45, 7) is 3.33. The molecule has 2 N–H and O–H groups in total. The maximum absolute atomic E-state index is 12.4. The number of anilines is 3. The van der Waals surface area contributed by atoms with Crippen LogP contribution in [0, 0.1) is 0 Å². The fourth-order valence-corrected chi connectivity index (χ4v) is 2.96. The van der Waals surface area contributed by atoms with E-state index in [4.69, 9.17) is 4.74 Å². The summed E-state index contributed by atoms with van der Waals surface area (Å²) in [6, 6.07) is 16.8. The van der Waals surface area contributed by atoms with Gasteiger partial charge >= 0.3 is 17.9 Å². The predicted molar refractivity (Wildman–Crippen MR) is 110 cm³/mol. The number of hydrogen-bond donors (Lipinski definition) is 2. The highest BCUT2D eigenvalue weighted by molar-refractivity contribution is 6.39. The second kappa shape index (κ2) is 9.59. The zero-order chi connectivity index (χ0) is 20.6. The molecule has 0 atom stereocenters. The smallest absolute Gasteiger partial charge is 0.409 e. The number of piperazine rings is 1. The van der Waals surface area contributed by atoms with E-state index in [1.165, 1.54) is 9.80 Å². The van der Waals surface area contributed by atoms with Crippen molar-refractivity contribution < 1.29 is 19.1 Å². The molecule has 0 spiro atoms. The Balaban J connectivity index is 1.50. The fraction of sp³-hybridized carbons (Fsp3) is 0.286. The number of ether oxygens (including phenoxy) is 1. The van der Waals surface area contributed by atoms with E-state index in [1.54, 1.807) is 19.1 Å². The monoisotopic (exact) mass is 396 g/mol. The van der Waals surface area contributed by atoms with Crippen molar-refractivity contribution in [3.8, 4) is 0 Å². The van der Waals surface area contributed by atoms with Gasteiger partial charge < -0.3 is 25.2 Å². The normalized spacial score (nSPS) is 13.6. The van der Waals surface area contributed by atoms with Gasteiger partial charge in [0.1, 0.15) is 0 Å². The third-order valence-corrected chi connectivity index (χ3v) is 4.49. The molecule has 1 saturated heterocycles. The molecular weight excluding hydrogens is 372 g/mol. The molecule has 1 aliphatic heterocycles. The Morgan fingerprint density at radius 1 is 0.828 bits per heavy atom. The summed E-state index contributed by atoms with van der Waals surface area (Å²) in [5.41, 5.74) is 2.36. The Morgan fingerprint density at radius 3 is 2.00 bits per heavy atom. The number of rotatable bonds is 4. The van der Waals surface area contributed by atoms with Crippen molar-refractivity contribution >= 4 is 35.0 Å². The molecule has 1 fully saturated rings. The molecule has 1 aliphatic rings. The van der Waals surface area contributed by atoms with Crippen molar-refractivity contribution in [3.05, 3.63) is 54.6 Å². The number of nitrogens with one attached hydrogen (secondary N) is 2. The molecule has 1 heterocycles. The molecule has 0 bridgehead atoms.